The quantitative estimate of drug-likeness (QED) is 0.749. The number of amides is 1. The van der Waals surface area contributed by atoms with Crippen molar-refractivity contribution in [3.8, 4) is 10.7 Å². The Balaban J connectivity index is 1.58. The Bertz CT molecular complexity index is 820. The van der Waals surface area contributed by atoms with Crippen molar-refractivity contribution in [2.45, 2.75) is 12.8 Å². The number of hydrogen-bond donors (Lipinski definition) is 1. The van der Waals surface area contributed by atoms with E-state index >= 15 is 0 Å². The van der Waals surface area contributed by atoms with Crippen molar-refractivity contribution in [3.63, 3.8) is 0 Å². The van der Waals surface area contributed by atoms with Crippen molar-refractivity contribution < 1.29 is 13.7 Å². The molecule has 0 atom stereocenters. The van der Waals surface area contributed by atoms with E-state index in [0.29, 0.717) is 11.7 Å². The summed E-state index contributed by atoms with van der Waals surface area (Å²) in [6.07, 6.45) is 0.365. The molecule has 0 fully saturated rings. The molecule has 0 spiro atoms. The Morgan fingerprint density at radius 2 is 2.22 bits per heavy atom. The predicted octanol–water partition coefficient (Wildman–Crippen LogP) is 4.16. The third-order valence-electron chi connectivity index (χ3n) is 3.00. The minimum Gasteiger partial charge on any atom is -0.339 e. The topological polar surface area (TPSA) is 68.0 Å². The molecule has 23 heavy (non-hydrogen) atoms. The van der Waals surface area contributed by atoms with Crippen molar-refractivity contribution in [3.05, 3.63) is 52.4 Å². The van der Waals surface area contributed by atoms with Crippen molar-refractivity contribution in [2.24, 2.45) is 0 Å². The van der Waals surface area contributed by atoms with E-state index in [4.69, 9.17) is 16.1 Å². The van der Waals surface area contributed by atoms with Gasteiger partial charge in [0, 0.05) is 12.8 Å². The van der Waals surface area contributed by atoms with Gasteiger partial charge in [-0.2, -0.15) is 4.98 Å². The summed E-state index contributed by atoms with van der Waals surface area (Å²) in [7, 11) is 0. The van der Waals surface area contributed by atoms with Gasteiger partial charge in [0.05, 0.1) is 15.6 Å². The highest BCUT2D eigenvalue weighted by molar-refractivity contribution is 7.13. The summed E-state index contributed by atoms with van der Waals surface area (Å²) in [6.45, 7) is 0. The molecule has 0 radical (unpaired) electrons. The molecular formula is C15H11ClFN3O2S. The number of carbonyl (C=O) groups is 1. The van der Waals surface area contributed by atoms with Crippen molar-refractivity contribution >= 4 is 34.5 Å². The standard InChI is InChI=1S/C15H11ClFN3O2S/c16-9-3-1-4-10(14(9)17)18-12(21)6-7-13-19-15(20-22-13)11-5-2-8-23-11/h1-5,8H,6-7H2,(H,18,21). The first-order chi connectivity index (χ1) is 11.1. The van der Waals surface area contributed by atoms with E-state index in [1.54, 1.807) is 6.07 Å². The molecule has 0 aliphatic carbocycles. The zero-order chi connectivity index (χ0) is 16.2. The number of benzene rings is 1. The maximum Gasteiger partial charge on any atom is 0.227 e. The van der Waals surface area contributed by atoms with Gasteiger partial charge in [0.2, 0.25) is 17.6 Å². The highest BCUT2D eigenvalue weighted by Crippen LogP contribution is 2.23. The second-order valence-corrected chi connectivity index (χ2v) is 5.99. The van der Waals surface area contributed by atoms with Crippen molar-refractivity contribution in [1.82, 2.24) is 10.1 Å². The number of aryl methyl sites for hydroxylation is 1. The monoisotopic (exact) mass is 351 g/mol. The number of halogens is 2. The molecule has 1 amide bonds. The lowest BCUT2D eigenvalue weighted by Gasteiger charge is -2.06. The zero-order valence-electron chi connectivity index (χ0n) is 11.8. The summed E-state index contributed by atoms with van der Waals surface area (Å²) < 4.78 is 18.8. The van der Waals surface area contributed by atoms with Crippen molar-refractivity contribution in [2.75, 3.05) is 5.32 Å². The average molecular weight is 352 g/mol. The van der Waals surface area contributed by atoms with Crippen LogP contribution in [0.25, 0.3) is 10.7 Å². The molecule has 2 aromatic heterocycles. The van der Waals surface area contributed by atoms with Gasteiger partial charge in [-0.1, -0.05) is 28.9 Å². The highest BCUT2D eigenvalue weighted by Gasteiger charge is 2.13. The fraction of sp³-hybridized carbons (Fsp3) is 0.133. The van der Waals surface area contributed by atoms with Gasteiger partial charge in [0.1, 0.15) is 0 Å². The average Bonchev–Trinajstić information content (AvgIpc) is 3.20. The zero-order valence-corrected chi connectivity index (χ0v) is 13.3. The maximum absolute atomic E-state index is 13.7. The lowest BCUT2D eigenvalue weighted by Crippen LogP contribution is -2.13. The molecule has 0 unspecified atom stereocenters. The molecule has 3 rings (SSSR count). The van der Waals surface area contributed by atoms with Crippen LogP contribution >= 0.6 is 22.9 Å². The number of aromatic nitrogens is 2. The third kappa shape index (κ3) is 3.75. The minimum atomic E-state index is -0.653. The Hall–Kier alpha value is -2.25. The molecule has 0 saturated heterocycles. The normalized spacial score (nSPS) is 10.7. The number of hydrogen-bond acceptors (Lipinski definition) is 5. The van der Waals surface area contributed by atoms with Crippen LogP contribution in [-0.4, -0.2) is 16.0 Å². The van der Waals surface area contributed by atoms with E-state index in [2.05, 4.69) is 15.5 Å². The van der Waals surface area contributed by atoms with Gasteiger partial charge in [-0.25, -0.2) is 4.39 Å². The number of carbonyl (C=O) groups excluding carboxylic acids is 1. The Morgan fingerprint density at radius 1 is 1.35 bits per heavy atom. The van der Waals surface area contributed by atoms with Crippen LogP contribution in [0.4, 0.5) is 10.1 Å². The van der Waals surface area contributed by atoms with E-state index in [1.165, 1.54) is 23.5 Å². The summed E-state index contributed by atoms with van der Waals surface area (Å²) in [5, 5.41) is 8.20. The van der Waals surface area contributed by atoms with Crippen LogP contribution < -0.4 is 5.32 Å². The van der Waals surface area contributed by atoms with E-state index in [0.717, 1.165) is 4.88 Å². The summed E-state index contributed by atoms with van der Waals surface area (Å²) >= 11 is 7.16. The molecule has 5 nitrogen and oxygen atoms in total. The first-order valence-corrected chi connectivity index (χ1v) is 7.99. The molecule has 1 aromatic carbocycles. The Labute approximate surface area is 140 Å². The van der Waals surface area contributed by atoms with Crippen LogP contribution in [0, 0.1) is 5.82 Å². The molecule has 1 N–H and O–H groups in total. The molecule has 3 aromatic rings. The van der Waals surface area contributed by atoms with Crippen LogP contribution in [0.5, 0.6) is 0 Å². The predicted molar refractivity (Wildman–Crippen MR) is 86.0 cm³/mol. The summed E-state index contributed by atoms with van der Waals surface area (Å²) in [5.74, 6) is -0.159. The molecular weight excluding hydrogens is 341 g/mol. The summed E-state index contributed by atoms with van der Waals surface area (Å²) in [6, 6.07) is 8.20. The SMILES string of the molecule is O=C(CCc1nc(-c2cccs2)no1)Nc1cccc(Cl)c1F. The number of nitrogens with zero attached hydrogens (tertiary/aromatic N) is 2. The van der Waals surface area contributed by atoms with E-state index in [-0.39, 0.29) is 29.5 Å². The molecule has 0 bridgehead atoms. The third-order valence-corrected chi connectivity index (χ3v) is 4.16. The lowest BCUT2D eigenvalue weighted by molar-refractivity contribution is -0.116. The minimum absolute atomic E-state index is 0.0414. The van der Waals surface area contributed by atoms with Gasteiger partial charge in [0.15, 0.2) is 5.82 Å². The second kappa shape index (κ2) is 6.89. The maximum atomic E-state index is 13.7. The van der Waals surface area contributed by atoms with Crippen LogP contribution in [0.2, 0.25) is 5.02 Å². The summed E-state index contributed by atoms with van der Waals surface area (Å²) in [4.78, 5) is 17.0. The summed E-state index contributed by atoms with van der Waals surface area (Å²) in [5.41, 5.74) is 0.0484. The van der Waals surface area contributed by atoms with Gasteiger partial charge in [-0.3, -0.25) is 4.79 Å². The molecule has 118 valence electrons. The van der Waals surface area contributed by atoms with Crippen LogP contribution in [0.1, 0.15) is 12.3 Å². The van der Waals surface area contributed by atoms with Gasteiger partial charge < -0.3 is 9.84 Å². The van der Waals surface area contributed by atoms with Gasteiger partial charge in [0.25, 0.3) is 0 Å². The fourth-order valence-corrected chi connectivity index (χ4v) is 2.72. The Kier molecular flexibility index (Phi) is 4.68. The smallest absolute Gasteiger partial charge is 0.227 e. The molecule has 0 aliphatic heterocycles. The van der Waals surface area contributed by atoms with Crippen LogP contribution in [-0.2, 0) is 11.2 Å². The van der Waals surface area contributed by atoms with Crippen LogP contribution in [0.15, 0.2) is 40.2 Å². The van der Waals surface area contributed by atoms with Gasteiger partial charge in [-0.15, -0.1) is 11.3 Å². The first-order valence-electron chi connectivity index (χ1n) is 6.74. The second-order valence-electron chi connectivity index (χ2n) is 4.64. The van der Waals surface area contributed by atoms with Gasteiger partial charge >= 0.3 is 0 Å². The molecule has 0 aliphatic rings. The van der Waals surface area contributed by atoms with Gasteiger partial charge in [-0.05, 0) is 23.6 Å². The molecule has 8 heteroatoms. The largest absolute Gasteiger partial charge is 0.339 e. The lowest BCUT2D eigenvalue weighted by atomic mass is 10.2. The number of thiophene rings is 1. The number of anilines is 1. The van der Waals surface area contributed by atoms with E-state index in [9.17, 15) is 9.18 Å². The van der Waals surface area contributed by atoms with Crippen molar-refractivity contribution in [1.29, 1.82) is 0 Å². The molecule has 0 saturated carbocycles. The highest BCUT2D eigenvalue weighted by atomic mass is 35.5. The fourth-order valence-electron chi connectivity index (χ4n) is 1.90. The van der Waals surface area contributed by atoms with Crippen LogP contribution in [0.3, 0.4) is 0 Å². The number of rotatable bonds is 5. The Morgan fingerprint density at radius 3 is 3.00 bits per heavy atom. The van der Waals surface area contributed by atoms with E-state index < -0.39 is 5.82 Å². The molecule has 2 heterocycles. The first kappa shape index (κ1) is 15.6. The number of nitrogens with one attached hydrogen (secondary N) is 1. The van der Waals surface area contributed by atoms with E-state index in [1.807, 2.05) is 17.5 Å².